The Hall–Kier alpha value is -2.49. The van der Waals surface area contributed by atoms with Crippen molar-refractivity contribution in [2.24, 2.45) is 0 Å². The fourth-order valence-electron chi connectivity index (χ4n) is 3.03. The quantitative estimate of drug-likeness (QED) is 0.798. The SMILES string of the molecule is COc1c2c(cc3c1OCO3)CC[N+](c1ccc(C)cc1)=C2. The van der Waals surface area contributed by atoms with E-state index in [-0.39, 0.29) is 6.79 Å². The van der Waals surface area contributed by atoms with E-state index in [4.69, 9.17) is 14.2 Å². The normalized spacial score (nSPS) is 15.3. The van der Waals surface area contributed by atoms with E-state index in [9.17, 15) is 0 Å². The third kappa shape index (κ3) is 2.03. The number of rotatable bonds is 2. The highest BCUT2D eigenvalue weighted by molar-refractivity contribution is 5.87. The van der Waals surface area contributed by atoms with Gasteiger partial charge in [0.15, 0.2) is 24.3 Å². The van der Waals surface area contributed by atoms with Crippen molar-refractivity contribution in [1.29, 1.82) is 0 Å². The largest absolute Gasteiger partial charge is 0.492 e. The van der Waals surface area contributed by atoms with Crippen molar-refractivity contribution >= 4 is 11.9 Å². The molecule has 0 saturated carbocycles. The summed E-state index contributed by atoms with van der Waals surface area (Å²) in [4.78, 5) is 0. The Balaban J connectivity index is 1.84. The minimum Gasteiger partial charge on any atom is -0.492 e. The molecule has 0 N–H and O–H groups in total. The van der Waals surface area contributed by atoms with Gasteiger partial charge in [-0.05, 0) is 18.6 Å². The molecule has 2 heterocycles. The first-order valence-electron chi connectivity index (χ1n) is 7.44. The Labute approximate surface area is 129 Å². The lowest BCUT2D eigenvalue weighted by atomic mass is 9.99. The highest BCUT2D eigenvalue weighted by atomic mass is 16.7. The van der Waals surface area contributed by atoms with Gasteiger partial charge in [-0.3, -0.25) is 0 Å². The highest BCUT2D eigenvalue weighted by Gasteiger charge is 2.29. The zero-order chi connectivity index (χ0) is 15.1. The average molecular weight is 296 g/mol. The summed E-state index contributed by atoms with van der Waals surface area (Å²) in [6, 6.07) is 10.6. The Bertz CT molecular complexity index is 763. The van der Waals surface area contributed by atoms with Gasteiger partial charge in [-0.2, -0.15) is 4.58 Å². The van der Waals surface area contributed by atoms with Crippen LogP contribution in [0.4, 0.5) is 5.69 Å². The monoisotopic (exact) mass is 296 g/mol. The summed E-state index contributed by atoms with van der Waals surface area (Å²) in [6.45, 7) is 3.30. The van der Waals surface area contributed by atoms with Crippen molar-refractivity contribution in [2.45, 2.75) is 13.3 Å². The predicted octanol–water partition coefficient (Wildman–Crippen LogP) is 3.05. The summed E-state index contributed by atoms with van der Waals surface area (Å²) in [5.74, 6) is 2.26. The molecule has 0 fully saturated rings. The standard InChI is InChI=1S/C18H18NO3/c1-12-3-5-14(6-4-12)19-8-7-13-9-16-18(22-11-21-16)17(20-2)15(13)10-19/h3-6,9-10H,7-8,11H2,1-2H3/q+1. The predicted molar refractivity (Wildman–Crippen MR) is 84.0 cm³/mol. The van der Waals surface area contributed by atoms with E-state index in [1.54, 1.807) is 7.11 Å². The lowest BCUT2D eigenvalue weighted by Crippen LogP contribution is -2.19. The maximum atomic E-state index is 5.60. The first-order chi connectivity index (χ1) is 10.8. The van der Waals surface area contributed by atoms with Crippen LogP contribution in [0.25, 0.3) is 0 Å². The highest BCUT2D eigenvalue weighted by Crippen LogP contribution is 2.45. The van der Waals surface area contributed by atoms with Crippen LogP contribution in [-0.4, -0.2) is 31.2 Å². The van der Waals surface area contributed by atoms with Crippen LogP contribution in [0.15, 0.2) is 30.3 Å². The Morgan fingerprint density at radius 1 is 1.14 bits per heavy atom. The van der Waals surface area contributed by atoms with Crippen molar-refractivity contribution in [3.05, 3.63) is 47.0 Å². The van der Waals surface area contributed by atoms with Crippen molar-refractivity contribution in [2.75, 3.05) is 20.4 Å². The van der Waals surface area contributed by atoms with Gasteiger partial charge in [-0.15, -0.1) is 0 Å². The summed E-state index contributed by atoms with van der Waals surface area (Å²) in [6.07, 6.45) is 3.09. The number of aryl methyl sites for hydroxylation is 1. The summed E-state index contributed by atoms with van der Waals surface area (Å²) >= 11 is 0. The smallest absolute Gasteiger partial charge is 0.231 e. The number of hydrogen-bond donors (Lipinski definition) is 0. The second kappa shape index (κ2) is 5.05. The molecule has 4 nitrogen and oxygen atoms in total. The molecular formula is C18H18NO3+. The van der Waals surface area contributed by atoms with Crippen LogP contribution in [0.2, 0.25) is 0 Å². The number of benzene rings is 2. The molecular weight excluding hydrogens is 278 g/mol. The summed E-state index contributed by atoms with van der Waals surface area (Å²) in [7, 11) is 1.68. The van der Waals surface area contributed by atoms with Gasteiger partial charge < -0.3 is 14.2 Å². The first-order valence-corrected chi connectivity index (χ1v) is 7.44. The van der Waals surface area contributed by atoms with Gasteiger partial charge in [0, 0.05) is 18.6 Å². The molecule has 2 aliphatic heterocycles. The molecule has 2 aromatic carbocycles. The molecule has 22 heavy (non-hydrogen) atoms. The van der Waals surface area contributed by atoms with E-state index in [1.165, 1.54) is 16.8 Å². The van der Waals surface area contributed by atoms with Crippen molar-refractivity contribution in [3.63, 3.8) is 0 Å². The number of hydrogen-bond acceptors (Lipinski definition) is 3. The van der Waals surface area contributed by atoms with Crippen LogP contribution in [0, 0.1) is 6.92 Å². The minimum atomic E-state index is 0.260. The molecule has 112 valence electrons. The van der Waals surface area contributed by atoms with Gasteiger partial charge in [0.2, 0.25) is 18.2 Å². The fraction of sp³-hybridized carbons (Fsp3) is 0.278. The lowest BCUT2D eigenvalue weighted by Gasteiger charge is -2.16. The van der Waals surface area contributed by atoms with E-state index < -0.39 is 0 Å². The molecule has 0 amide bonds. The van der Waals surface area contributed by atoms with E-state index >= 15 is 0 Å². The van der Waals surface area contributed by atoms with E-state index in [0.29, 0.717) is 5.75 Å². The Morgan fingerprint density at radius 3 is 2.73 bits per heavy atom. The second-order valence-corrected chi connectivity index (χ2v) is 5.62. The Kier molecular flexibility index (Phi) is 3.03. The van der Waals surface area contributed by atoms with Gasteiger partial charge in [-0.25, -0.2) is 0 Å². The molecule has 4 rings (SSSR count). The maximum absolute atomic E-state index is 5.60. The minimum absolute atomic E-state index is 0.260. The molecule has 0 radical (unpaired) electrons. The molecule has 0 unspecified atom stereocenters. The van der Waals surface area contributed by atoms with Gasteiger partial charge in [0.25, 0.3) is 0 Å². The fourth-order valence-corrected chi connectivity index (χ4v) is 3.03. The molecule has 0 bridgehead atoms. The average Bonchev–Trinajstić information content (AvgIpc) is 3.01. The number of nitrogens with zero attached hydrogens (tertiary/aromatic N) is 1. The summed E-state index contributed by atoms with van der Waals surface area (Å²) in [5, 5.41) is 0. The van der Waals surface area contributed by atoms with Crippen molar-refractivity contribution < 1.29 is 18.8 Å². The van der Waals surface area contributed by atoms with Gasteiger partial charge in [-0.1, -0.05) is 17.7 Å². The first kappa shape index (κ1) is 13.2. The maximum Gasteiger partial charge on any atom is 0.231 e. The van der Waals surface area contributed by atoms with Crippen LogP contribution >= 0.6 is 0 Å². The number of fused-ring (bicyclic) bond motifs is 2. The molecule has 0 aliphatic carbocycles. The van der Waals surface area contributed by atoms with Crippen molar-refractivity contribution in [3.8, 4) is 17.2 Å². The van der Waals surface area contributed by atoms with Crippen LogP contribution in [0.1, 0.15) is 16.7 Å². The summed E-state index contributed by atoms with van der Waals surface area (Å²) < 4.78 is 18.9. The van der Waals surface area contributed by atoms with Crippen molar-refractivity contribution in [1.82, 2.24) is 0 Å². The van der Waals surface area contributed by atoms with Crippen LogP contribution in [-0.2, 0) is 6.42 Å². The zero-order valence-corrected chi connectivity index (χ0v) is 12.8. The van der Waals surface area contributed by atoms with Gasteiger partial charge in [0.1, 0.15) is 0 Å². The molecule has 0 spiro atoms. The third-order valence-electron chi connectivity index (χ3n) is 4.22. The molecule has 2 aromatic rings. The van der Waals surface area contributed by atoms with Crippen LogP contribution < -0.4 is 14.2 Å². The summed E-state index contributed by atoms with van der Waals surface area (Å²) in [5.41, 5.74) is 4.78. The van der Waals surface area contributed by atoms with E-state index in [0.717, 1.165) is 30.0 Å². The van der Waals surface area contributed by atoms with E-state index in [2.05, 4.69) is 48.0 Å². The number of methoxy groups -OCH3 is 1. The topological polar surface area (TPSA) is 30.7 Å². The Morgan fingerprint density at radius 2 is 1.95 bits per heavy atom. The molecule has 2 aliphatic rings. The molecule has 0 saturated heterocycles. The van der Waals surface area contributed by atoms with Crippen LogP contribution in [0.5, 0.6) is 17.2 Å². The molecule has 4 heteroatoms. The van der Waals surface area contributed by atoms with Gasteiger partial charge in [0.05, 0.1) is 12.7 Å². The third-order valence-corrected chi connectivity index (χ3v) is 4.22. The van der Waals surface area contributed by atoms with Gasteiger partial charge >= 0.3 is 0 Å². The van der Waals surface area contributed by atoms with E-state index in [1.807, 2.05) is 0 Å². The molecule has 0 aromatic heterocycles. The second-order valence-electron chi connectivity index (χ2n) is 5.62. The van der Waals surface area contributed by atoms with Crippen LogP contribution in [0.3, 0.4) is 0 Å². The lowest BCUT2D eigenvalue weighted by molar-refractivity contribution is -0.436. The number of ether oxygens (including phenoxy) is 3. The zero-order valence-electron chi connectivity index (χ0n) is 12.8. The molecule has 0 atom stereocenters.